The number of esters is 2. The minimum absolute atomic E-state index is 0.141. The fourth-order valence-corrected chi connectivity index (χ4v) is 6.44. The molecule has 0 aromatic carbocycles. The van der Waals surface area contributed by atoms with Crippen LogP contribution in [-0.2, 0) is 19.1 Å². The molecule has 2 fully saturated rings. The van der Waals surface area contributed by atoms with Crippen LogP contribution in [-0.4, -0.2) is 69.2 Å². The molecule has 0 bridgehead atoms. The van der Waals surface area contributed by atoms with E-state index in [4.69, 9.17) is 9.47 Å². The van der Waals surface area contributed by atoms with Crippen LogP contribution in [0.3, 0.4) is 0 Å². The van der Waals surface area contributed by atoms with Gasteiger partial charge in [0.05, 0.1) is 0 Å². The van der Waals surface area contributed by atoms with E-state index in [0.717, 1.165) is 38.8 Å². The van der Waals surface area contributed by atoms with Crippen molar-refractivity contribution in [3.63, 3.8) is 0 Å². The molecule has 2 aliphatic heterocycles. The third-order valence-electron chi connectivity index (χ3n) is 7.34. The Morgan fingerprint density at radius 3 is 1.21 bits per heavy atom. The van der Waals surface area contributed by atoms with Gasteiger partial charge in [-0.15, -0.1) is 13.2 Å². The highest BCUT2D eigenvalue weighted by atomic mass is 16.6. The Bertz CT molecular complexity index is 655. The van der Waals surface area contributed by atoms with Gasteiger partial charge in [0.1, 0.15) is 18.6 Å². The molecule has 0 amide bonds. The number of hydrogen-bond donors (Lipinski definition) is 0. The maximum Gasteiger partial charge on any atom is 0.317 e. The van der Waals surface area contributed by atoms with E-state index in [1.165, 1.54) is 0 Å². The van der Waals surface area contributed by atoms with Crippen molar-refractivity contribution < 1.29 is 19.1 Å². The van der Waals surface area contributed by atoms with Crippen molar-refractivity contribution in [2.45, 2.75) is 122 Å². The summed E-state index contributed by atoms with van der Waals surface area (Å²) in [6.45, 7) is 26.6. The summed E-state index contributed by atoms with van der Waals surface area (Å²) in [5.74, 6) is -1.01. The first-order valence-electron chi connectivity index (χ1n) is 12.2. The molecule has 0 atom stereocenters. The Labute approximate surface area is 201 Å². The third-order valence-corrected chi connectivity index (χ3v) is 7.34. The van der Waals surface area contributed by atoms with Gasteiger partial charge >= 0.3 is 11.9 Å². The summed E-state index contributed by atoms with van der Waals surface area (Å²) in [6, 6.07) is 0. The summed E-state index contributed by atoms with van der Waals surface area (Å²) in [5, 5.41) is 0. The number of hydrogen-bond acceptors (Lipinski definition) is 6. The van der Waals surface area contributed by atoms with E-state index in [1.807, 2.05) is 12.2 Å². The van der Waals surface area contributed by atoms with E-state index in [-0.39, 0.29) is 40.8 Å². The van der Waals surface area contributed by atoms with E-state index < -0.39 is 11.9 Å². The summed E-state index contributed by atoms with van der Waals surface area (Å²) >= 11 is 0. The Morgan fingerprint density at radius 1 is 0.697 bits per heavy atom. The zero-order valence-electron chi connectivity index (χ0n) is 22.2. The minimum Gasteiger partial charge on any atom is -0.462 e. The molecule has 0 unspecified atom stereocenters. The zero-order valence-corrected chi connectivity index (χ0v) is 22.2. The van der Waals surface area contributed by atoms with Crippen LogP contribution >= 0.6 is 0 Å². The van der Waals surface area contributed by atoms with Gasteiger partial charge in [-0.2, -0.15) is 0 Å². The lowest BCUT2D eigenvalue weighted by atomic mass is 9.78. The van der Waals surface area contributed by atoms with Crippen molar-refractivity contribution in [1.82, 2.24) is 9.80 Å². The lowest BCUT2D eigenvalue weighted by molar-refractivity contribution is -0.170. The molecule has 0 aromatic heterocycles. The number of nitrogens with zero attached hydrogens (tertiary/aromatic N) is 2. The molecule has 6 heteroatoms. The maximum atomic E-state index is 12.6. The second-order valence-corrected chi connectivity index (χ2v) is 12.3. The van der Waals surface area contributed by atoms with E-state index in [1.54, 1.807) is 0 Å². The molecule has 0 spiro atoms. The van der Waals surface area contributed by atoms with Gasteiger partial charge in [-0.25, -0.2) is 0 Å². The molecule has 33 heavy (non-hydrogen) atoms. The van der Waals surface area contributed by atoms with Gasteiger partial charge in [-0.1, -0.05) is 12.2 Å². The SMILES string of the molecule is C=CCN1C(C)(C)CC(OC(=O)CC(=O)OC2CC(C)(C)N(CC=C)C(C)(C)C2)CC1(C)C. The zero-order chi connectivity index (χ0) is 25.2. The molecule has 2 heterocycles. The van der Waals surface area contributed by atoms with Gasteiger partial charge in [0, 0.05) is 60.9 Å². The van der Waals surface area contributed by atoms with Crippen molar-refractivity contribution in [2.75, 3.05) is 13.1 Å². The summed E-state index contributed by atoms with van der Waals surface area (Å²) < 4.78 is 11.5. The first-order valence-corrected chi connectivity index (χ1v) is 12.2. The third kappa shape index (κ3) is 6.69. The Hall–Kier alpha value is -1.66. The van der Waals surface area contributed by atoms with Crippen LogP contribution in [0.25, 0.3) is 0 Å². The summed E-state index contributed by atoms with van der Waals surface area (Å²) in [6.07, 6.45) is 5.90. The monoisotopic (exact) mass is 462 g/mol. The highest BCUT2D eigenvalue weighted by Gasteiger charge is 2.47. The summed E-state index contributed by atoms with van der Waals surface area (Å²) in [5.41, 5.74) is -0.564. The van der Waals surface area contributed by atoms with Gasteiger partial charge in [0.25, 0.3) is 0 Å². The van der Waals surface area contributed by atoms with Crippen molar-refractivity contribution in [2.24, 2.45) is 0 Å². The van der Waals surface area contributed by atoms with Crippen molar-refractivity contribution in [1.29, 1.82) is 0 Å². The first kappa shape index (κ1) is 27.6. The quantitative estimate of drug-likeness (QED) is 0.291. The number of likely N-dealkylation sites (tertiary alicyclic amines) is 2. The molecule has 0 aliphatic carbocycles. The molecule has 0 aromatic rings. The fourth-order valence-electron chi connectivity index (χ4n) is 6.44. The molecular weight excluding hydrogens is 416 g/mol. The Balaban J connectivity index is 1.94. The van der Waals surface area contributed by atoms with Crippen LogP contribution in [0.5, 0.6) is 0 Å². The van der Waals surface area contributed by atoms with Crippen molar-refractivity contribution >= 4 is 11.9 Å². The van der Waals surface area contributed by atoms with Crippen molar-refractivity contribution in [3.8, 4) is 0 Å². The second kappa shape index (κ2) is 9.91. The lowest BCUT2D eigenvalue weighted by Gasteiger charge is -2.54. The van der Waals surface area contributed by atoms with Gasteiger partial charge in [-0.05, 0) is 55.4 Å². The topological polar surface area (TPSA) is 59.1 Å². The molecule has 188 valence electrons. The standard InChI is InChI=1S/C27H46N2O4/c1-11-13-28-24(3,4)16-20(17-25(28,5)6)32-22(30)15-23(31)33-21-18-26(7,8)29(14-12-2)27(9,10)19-21/h11-12,20-21H,1-2,13-19H2,3-10H3. The van der Waals surface area contributed by atoms with Gasteiger partial charge in [0.15, 0.2) is 0 Å². The van der Waals surface area contributed by atoms with Gasteiger partial charge in [-0.3, -0.25) is 19.4 Å². The predicted octanol–water partition coefficient (Wildman–Crippen LogP) is 4.88. The highest BCUT2D eigenvalue weighted by Crippen LogP contribution is 2.40. The fraction of sp³-hybridized carbons (Fsp3) is 0.778. The van der Waals surface area contributed by atoms with Crippen LogP contribution in [0.4, 0.5) is 0 Å². The molecule has 2 rings (SSSR count). The Morgan fingerprint density at radius 2 is 0.970 bits per heavy atom. The number of ether oxygens (including phenoxy) is 2. The summed E-state index contributed by atoms with van der Waals surface area (Å²) in [7, 11) is 0. The maximum absolute atomic E-state index is 12.6. The van der Waals surface area contributed by atoms with E-state index in [9.17, 15) is 9.59 Å². The van der Waals surface area contributed by atoms with Gasteiger partial charge in [0.2, 0.25) is 0 Å². The minimum atomic E-state index is -0.503. The molecule has 0 saturated carbocycles. The van der Waals surface area contributed by atoms with Gasteiger partial charge < -0.3 is 9.47 Å². The van der Waals surface area contributed by atoms with Crippen LogP contribution in [0.1, 0.15) is 87.5 Å². The molecule has 0 N–H and O–H groups in total. The predicted molar refractivity (Wildman–Crippen MR) is 133 cm³/mol. The van der Waals surface area contributed by atoms with E-state index in [2.05, 4.69) is 78.3 Å². The normalized spacial score (nSPS) is 25.2. The van der Waals surface area contributed by atoms with Crippen molar-refractivity contribution in [3.05, 3.63) is 25.3 Å². The number of piperidine rings is 2. The highest BCUT2D eigenvalue weighted by molar-refractivity contribution is 5.91. The molecule has 2 aliphatic rings. The Kier molecular flexibility index (Phi) is 8.28. The lowest BCUT2D eigenvalue weighted by Crippen LogP contribution is -2.62. The van der Waals surface area contributed by atoms with Crippen LogP contribution in [0.15, 0.2) is 25.3 Å². The second-order valence-electron chi connectivity index (χ2n) is 12.3. The average molecular weight is 463 g/mol. The van der Waals surface area contributed by atoms with Crippen LogP contribution < -0.4 is 0 Å². The number of rotatable bonds is 8. The average Bonchev–Trinajstić information content (AvgIpc) is 2.59. The number of carbonyl (C=O) groups is 2. The molecule has 2 saturated heterocycles. The summed E-state index contributed by atoms with van der Waals surface area (Å²) in [4.78, 5) is 30.0. The molecular formula is C27H46N2O4. The number of carbonyl (C=O) groups excluding carboxylic acids is 2. The van der Waals surface area contributed by atoms with Crippen LogP contribution in [0.2, 0.25) is 0 Å². The molecule has 6 nitrogen and oxygen atoms in total. The van der Waals surface area contributed by atoms with E-state index >= 15 is 0 Å². The smallest absolute Gasteiger partial charge is 0.317 e. The largest absolute Gasteiger partial charge is 0.462 e. The first-order chi connectivity index (χ1) is 15.0. The van der Waals surface area contributed by atoms with Crippen LogP contribution in [0, 0.1) is 0 Å². The van der Waals surface area contributed by atoms with E-state index in [0.29, 0.717) is 0 Å². The molecule has 0 radical (unpaired) electrons.